The zero-order valence-electron chi connectivity index (χ0n) is 18.9. The van der Waals surface area contributed by atoms with Crippen molar-refractivity contribution < 1.29 is 14.3 Å². The smallest absolute Gasteiger partial charge is 0.262 e. The summed E-state index contributed by atoms with van der Waals surface area (Å²) in [4.78, 5) is 32.7. The van der Waals surface area contributed by atoms with E-state index in [0.717, 1.165) is 16.8 Å². The normalized spacial score (nSPS) is 12.2. The van der Waals surface area contributed by atoms with E-state index in [4.69, 9.17) is 14.5 Å². The van der Waals surface area contributed by atoms with Crippen molar-refractivity contribution in [3.05, 3.63) is 88.2 Å². The Labute approximate surface area is 200 Å². The number of para-hydroxylation sites is 1. The Kier molecular flexibility index (Phi) is 5.98. The van der Waals surface area contributed by atoms with Crippen molar-refractivity contribution in [3.8, 4) is 11.5 Å². The average molecular weight is 474 g/mol. The van der Waals surface area contributed by atoms with Gasteiger partial charge in [-0.25, -0.2) is 4.98 Å². The minimum Gasteiger partial charge on any atom is -0.454 e. The Bertz CT molecular complexity index is 1450. The van der Waals surface area contributed by atoms with Crippen LogP contribution in [0.2, 0.25) is 0 Å². The number of aryl methyl sites for hydroxylation is 1. The summed E-state index contributed by atoms with van der Waals surface area (Å²) in [5.41, 5.74) is 3.25. The SMILES string of the molecule is Cc1cccc(N(C)C(=O)CSc2nc3ccccc3c(=O)n2Cc2ccc3c(c2)OCO3)c1. The Balaban J connectivity index is 1.45. The molecule has 0 radical (unpaired) electrons. The zero-order chi connectivity index (χ0) is 23.7. The van der Waals surface area contributed by atoms with Gasteiger partial charge in [0.25, 0.3) is 5.56 Å². The second-order valence-corrected chi connectivity index (χ2v) is 9.01. The van der Waals surface area contributed by atoms with Gasteiger partial charge >= 0.3 is 0 Å². The third-order valence-electron chi connectivity index (χ3n) is 5.69. The minimum atomic E-state index is -0.148. The lowest BCUT2D eigenvalue weighted by Crippen LogP contribution is -2.29. The van der Waals surface area contributed by atoms with Crippen LogP contribution in [-0.4, -0.2) is 35.1 Å². The zero-order valence-corrected chi connectivity index (χ0v) is 19.7. The maximum Gasteiger partial charge on any atom is 0.262 e. The van der Waals surface area contributed by atoms with Crippen LogP contribution >= 0.6 is 11.8 Å². The lowest BCUT2D eigenvalue weighted by molar-refractivity contribution is -0.115. The fourth-order valence-electron chi connectivity index (χ4n) is 3.82. The maximum atomic E-state index is 13.4. The summed E-state index contributed by atoms with van der Waals surface area (Å²) in [6, 6.07) is 20.6. The number of hydrogen-bond donors (Lipinski definition) is 0. The first-order valence-electron chi connectivity index (χ1n) is 10.8. The number of rotatable bonds is 6. The molecule has 0 bridgehead atoms. The van der Waals surface area contributed by atoms with E-state index >= 15 is 0 Å². The molecule has 1 aliphatic heterocycles. The predicted octanol–water partition coefficient (Wildman–Crippen LogP) is 4.24. The van der Waals surface area contributed by atoms with Crippen LogP contribution in [0, 0.1) is 6.92 Å². The Morgan fingerprint density at radius 2 is 1.88 bits per heavy atom. The van der Waals surface area contributed by atoms with Gasteiger partial charge in [0.2, 0.25) is 12.7 Å². The topological polar surface area (TPSA) is 73.7 Å². The van der Waals surface area contributed by atoms with Crippen LogP contribution in [0.1, 0.15) is 11.1 Å². The highest BCUT2D eigenvalue weighted by molar-refractivity contribution is 7.99. The van der Waals surface area contributed by atoms with Crippen LogP contribution in [-0.2, 0) is 11.3 Å². The van der Waals surface area contributed by atoms with Crippen molar-refractivity contribution in [3.63, 3.8) is 0 Å². The predicted molar refractivity (Wildman–Crippen MR) is 133 cm³/mol. The fraction of sp³-hybridized carbons (Fsp3) is 0.192. The number of amides is 1. The van der Waals surface area contributed by atoms with Gasteiger partial charge in [-0.1, -0.05) is 42.1 Å². The Morgan fingerprint density at radius 3 is 2.74 bits per heavy atom. The van der Waals surface area contributed by atoms with Crippen LogP contribution in [0.25, 0.3) is 10.9 Å². The lowest BCUT2D eigenvalue weighted by atomic mass is 10.2. The molecule has 0 saturated heterocycles. The monoisotopic (exact) mass is 473 g/mol. The van der Waals surface area contributed by atoms with Gasteiger partial charge in [0.05, 0.1) is 23.2 Å². The molecule has 1 aliphatic rings. The minimum absolute atomic E-state index is 0.0763. The number of anilines is 1. The van der Waals surface area contributed by atoms with Crippen molar-refractivity contribution in [1.29, 1.82) is 0 Å². The molecule has 0 spiro atoms. The van der Waals surface area contributed by atoms with E-state index in [1.807, 2.05) is 67.6 Å². The highest BCUT2D eigenvalue weighted by Gasteiger charge is 2.18. The molecule has 8 heteroatoms. The second kappa shape index (κ2) is 9.23. The van der Waals surface area contributed by atoms with Crippen molar-refractivity contribution in [2.75, 3.05) is 24.5 Å². The van der Waals surface area contributed by atoms with Gasteiger partial charge in [0, 0.05) is 12.7 Å². The molecule has 0 fully saturated rings. The first-order chi connectivity index (χ1) is 16.5. The number of carbonyl (C=O) groups is 1. The van der Waals surface area contributed by atoms with E-state index < -0.39 is 0 Å². The molecule has 34 heavy (non-hydrogen) atoms. The number of aromatic nitrogens is 2. The van der Waals surface area contributed by atoms with Crippen molar-refractivity contribution in [2.24, 2.45) is 0 Å². The van der Waals surface area contributed by atoms with E-state index in [-0.39, 0.29) is 24.0 Å². The van der Waals surface area contributed by atoms with Gasteiger partial charge in [-0.15, -0.1) is 0 Å². The second-order valence-electron chi connectivity index (χ2n) is 8.07. The molecule has 4 aromatic rings. The van der Waals surface area contributed by atoms with Crippen LogP contribution in [0.15, 0.2) is 76.7 Å². The van der Waals surface area contributed by atoms with E-state index in [0.29, 0.717) is 34.1 Å². The summed E-state index contributed by atoms with van der Waals surface area (Å²) in [7, 11) is 1.76. The number of benzene rings is 3. The summed E-state index contributed by atoms with van der Waals surface area (Å²) in [5.74, 6) is 1.42. The number of ether oxygens (including phenoxy) is 2. The van der Waals surface area contributed by atoms with Crippen molar-refractivity contribution in [2.45, 2.75) is 18.6 Å². The van der Waals surface area contributed by atoms with Gasteiger partial charge < -0.3 is 14.4 Å². The van der Waals surface area contributed by atoms with E-state index in [9.17, 15) is 9.59 Å². The summed E-state index contributed by atoms with van der Waals surface area (Å²) < 4.78 is 12.5. The molecule has 7 nitrogen and oxygen atoms in total. The van der Waals surface area contributed by atoms with Crippen LogP contribution in [0.5, 0.6) is 11.5 Å². The van der Waals surface area contributed by atoms with Gasteiger partial charge in [0.15, 0.2) is 16.7 Å². The molecule has 1 aromatic heterocycles. The molecule has 0 unspecified atom stereocenters. The van der Waals surface area contributed by atoms with E-state index in [2.05, 4.69) is 0 Å². The molecule has 2 heterocycles. The van der Waals surface area contributed by atoms with Crippen LogP contribution in [0.3, 0.4) is 0 Å². The third kappa shape index (κ3) is 4.36. The number of carbonyl (C=O) groups excluding carboxylic acids is 1. The summed E-state index contributed by atoms with van der Waals surface area (Å²) in [5, 5.41) is 1.03. The summed E-state index contributed by atoms with van der Waals surface area (Å²) in [6.07, 6.45) is 0. The number of thioether (sulfide) groups is 1. The third-order valence-corrected chi connectivity index (χ3v) is 6.65. The first-order valence-corrected chi connectivity index (χ1v) is 11.8. The van der Waals surface area contributed by atoms with Crippen molar-refractivity contribution >= 4 is 34.3 Å². The Morgan fingerprint density at radius 1 is 1.06 bits per heavy atom. The maximum absolute atomic E-state index is 13.4. The van der Waals surface area contributed by atoms with Gasteiger partial charge in [0.1, 0.15) is 0 Å². The first kappa shape index (κ1) is 22.0. The molecule has 0 atom stereocenters. The molecule has 0 saturated carbocycles. The molecule has 0 aliphatic carbocycles. The lowest BCUT2D eigenvalue weighted by Gasteiger charge is -2.18. The van der Waals surface area contributed by atoms with Crippen LogP contribution < -0.4 is 19.9 Å². The number of fused-ring (bicyclic) bond motifs is 2. The van der Waals surface area contributed by atoms with Gasteiger partial charge in [-0.2, -0.15) is 0 Å². The molecule has 0 N–H and O–H groups in total. The molecule has 5 rings (SSSR count). The number of hydrogen-bond acceptors (Lipinski definition) is 6. The average Bonchev–Trinajstić information content (AvgIpc) is 3.32. The van der Waals surface area contributed by atoms with E-state index in [1.165, 1.54) is 11.8 Å². The Hall–Kier alpha value is -3.78. The number of nitrogens with zero attached hydrogens (tertiary/aromatic N) is 3. The highest BCUT2D eigenvalue weighted by Crippen LogP contribution is 2.33. The molecule has 1 amide bonds. The molecular weight excluding hydrogens is 450 g/mol. The van der Waals surface area contributed by atoms with Gasteiger partial charge in [-0.05, 0) is 54.4 Å². The summed E-state index contributed by atoms with van der Waals surface area (Å²) >= 11 is 1.26. The standard InChI is InChI=1S/C26H23N3O4S/c1-17-6-5-7-19(12-17)28(2)24(30)15-34-26-27-21-9-4-3-8-20(21)25(31)29(26)14-18-10-11-22-23(13-18)33-16-32-22/h3-13H,14-16H2,1-2H3. The molecule has 3 aromatic carbocycles. The largest absolute Gasteiger partial charge is 0.454 e. The van der Waals surface area contributed by atoms with Gasteiger partial charge in [-0.3, -0.25) is 14.2 Å². The highest BCUT2D eigenvalue weighted by atomic mass is 32.2. The quantitative estimate of drug-likeness (QED) is 0.308. The van der Waals surface area contributed by atoms with Crippen LogP contribution in [0.4, 0.5) is 5.69 Å². The van der Waals surface area contributed by atoms with E-state index in [1.54, 1.807) is 22.6 Å². The van der Waals surface area contributed by atoms with Crippen molar-refractivity contribution in [1.82, 2.24) is 9.55 Å². The molecule has 172 valence electrons. The summed E-state index contributed by atoms with van der Waals surface area (Å²) in [6.45, 7) is 2.48. The fourth-order valence-corrected chi connectivity index (χ4v) is 4.74. The molecular formula is C26H23N3O4S.